The Morgan fingerprint density at radius 1 is 1.32 bits per heavy atom. The predicted octanol–water partition coefficient (Wildman–Crippen LogP) is 2.54. The Bertz CT molecular complexity index is 1160. The fourth-order valence-corrected chi connectivity index (χ4v) is 4.09. The second-order valence-electron chi connectivity index (χ2n) is 7.34. The summed E-state index contributed by atoms with van der Waals surface area (Å²) < 4.78 is 14.1. The van der Waals surface area contributed by atoms with E-state index < -0.39 is 11.9 Å². The van der Waals surface area contributed by atoms with Crippen molar-refractivity contribution >= 4 is 39.6 Å². The van der Waals surface area contributed by atoms with Gasteiger partial charge in [-0.05, 0) is 25.5 Å². The van der Waals surface area contributed by atoms with Crippen molar-refractivity contribution < 1.29 is 19.1 Å². The monoisotopic (exact) mass is 445 g/mol. The minimum Gasteiger partial charge on any atom is -0.465 e. The van der Waals surface area contributed by atoms with Crippen LogP contribution in [0.3, 0.4) is 0 Å². The van der Waals surface area contributed by atoms with Gasteiger partial charge >= 0.3 is 6.09 Å². The van der Waals surface area contributed by atoms with Crippen molar-refractivity contribution in [1.82, 2.24) is 29.7 Å². The van der Waals surface area contributed by atoms with Crippen molar-refractivity contribution in [2.45, 2.75) is 25.9 Å². The predicted molar refractivity (Wildman–Crippen MR) is 112 cm³/mol. The molecule has 31 heavy (non-hydrogen) atoms. The number of nitrogens with zero attached hydrogens (tertiary/aromatic N) is 6. The minimum atomic E-state index is -1.04. The van der Waals surface area contributed by atoms with Gasteiger partial charge in [0.15, 0.2) is 11.3 Å². The number of halogens is 1. The first-order valence-electron chi connectivity index (χ1n) is 9.50. The number of rotatable bonds is 5. The quantitative estimate of drug-likeness (QED) is 0.614. The molecule has 1 fully saturated rings. The molecule has 4 rings (SSSR count). The van der Waals surface area contributed by atoms with E-state index in [1.165, 1.54) is 35.5 Å². The highest BCUT2D eigenvalue weighted by atomic mass is 32.1. The van der Waals surface area contributed by atoms with Crippen molar-refractivity contribution in [3.8, 4) is 0 Å². The number of fused-ring (bicyclic) bond motifs is 1. The fourth-order valence-electron chi connectivity index (χ4n) is 3.25. The Labute approximate surface area is 180 Å². The number of hydrogen-bond donors (Lipinski definition) is 2. The second-order valence-corrected chi connectivity index (χ2v) is 8.54. The average molecular weight is 445 g/mol. The largest absolute Gasteiger partial charge is 0.465 e. The lowest BCUT2D eigenvalue weighted by molar-refractivity contribution is 0.0344. The Morgan fingerprint density at radius 2 is 2.06 bits per heavy atom. The van der Waals surface area contributed by atoms with Gasteiger partial charge in [0.25, 0.3) is 5.91 Å². The molecule has 3 aromatic heterocycles. The molecule has 0 radical (unpaired) electrons. The van der Waals surface area contributed by atoms with Crippen LogP contribution in [0.4, 0.5) is 15.1 Å². The molecule has 12 heteroatoms. The number of aryl methyl sites for hydroxylation is 1. The summed E-state index contributed by atoms with van der Waals surface area (Å²) in [6.45, 7) is 4.20. The number of carboxylic acid groups (broad SMARTS) is 1. The van der Waals surface area contributed by atoms with Crippen LogP contribution in [0.5, 0.6) is 0 Å². The second kappa shape index (κ2) is 8.02. The van der Waals surface area contributed by atoms with E-state index >= 15 is 0 Å². The third-order valence-corrected chi connectivity index (χ3v) is 6.10. The van der Waals surface area contributed by atoms with Gasteiger partial charge in [0.05, 0.1) is 23.3 Å². The molecule has 0 bridgehead atoms. The van der Waals surface area contributed by atoms with Gasteiger partial charge in [-0.15, -0.1) is 11.3 Å². The first-order valence-corrected chi connectivity index (χ1v) is 10.3. The molecule has 162 valence electrons. The molecular weight excluding hydrogens is 425 g/mol. The molecule has 0 aromatic carbocycles. The fraction of sp³-hybridized carbons (Fsp3) is 0.368. The molecule has 2 N–H and O–H groups in total. The van der Waals surface area contributed by atoms with Crippen LogP contribution in [0.15, 0.2) is 18.5 Å². The summed E-state index contributed by atoms with van der Waals surface area (Å²) in [7, 11) is 1.48. The standard InChI is InChI=1S/C19H20FN7O3S/c1-9(11-4-12(20)6-21-5-11)22-18-24-14(15-16(25-18)23-10(2)31-15)17(28)27-7-13(8-27)26(3)19(29)30/h4-6,9,13H,7-8H2,1-3H3,(H,29,30)(H,22,24,25)/t9-/m0/s1. The summed E-state index contributed by atoms with van der Waals surface area (Å²) >= 11 is 1.32. The number of amides is 2. The molecule has 1 atom stereocenters. The zero-order valence-electron chi connectivity index (χ0n) is 17.0. The minimum absolute atomic E-state index is 0.192. The van der Waals surface area contributed by atoms with E-state index in [9.17, 15) is 14.0 Å². The van der Waals surface area contributed by atoms with Crippen LogP contribution >= 0.6 is 11.3 Å². The van der Waals surface area contributed by atoms with Gasteiger partial charge in [0.2, 0.25) is 5.95 Å². The highest BCUT2D eigenvalue weighted by Gasteiger charge is 2.37. The lowest BCUT2D eigenvalue weighted by Gasteiger charge is -2.42. The van der Waals surface area contributed by atoms with Crippen molar-refractivity contribution in [2.24, 2.45) is 0 Å². The third-order valence-electron chi connectivity index (χ3n) is 5.13. The van der Waals surface area contributed by atoms with Crippen LogP contribution in [0.2, 0.25) is 0 Å². The Kier molecular flexibility index (Phi) is 5.39. The molecule has 0 unspecified atom stereocenters. The van der Waals surface area contributed by atoms with E-state index in [0.717, 1.165) is 11.2 Å². The molecule has 4 heterocycles. The SMILES string of the molecule is Cc1nc2nc(N[C@@H](C)c3cncc(F)c3)nc(C(=O)N3CC(N(C)C(=O)O)C3)c2s1. The Hall–Kier alpha value is -3.41. The summed E-state index contributed by atoms with van der Waals surface area (Å²) in [5.74, 6) is -0.570. The molecule has 3 aromatic rings. The average Bonchev–Trinajstić information content (AvgIpc) is 3.05. The Morgan fingerprint density at radius 3 is 2.74 bits per heavy atom. The van der Waals surface area contributed by atoms with Crippen LogP contribution in [0.1, 0.15) is 34.0 Å². The van der Waals surface area contributed by atoms with Gasteiger partial charge in [-0.25, -0.2) is 19.2 Å². The number of aromatic nitrogens is 4. The highest BCUT2D eigenvalue weighted by molar-refractivity contribution is 7.18. The van der Waals surface area contributed by atoms with Gasteiger partial charge in [0, 0.05) is 26.3 Å². The number of pyridine rings is 1. The molecule has 1 saturated heterocycles. The lowest BCUT2D eigenvalue weighted by atomic mass is 10.1. The number of hydrogen-bond acceptors (Lipinski definition) is 8. The zero-order chi connectivity index (χ0) is 22.3. The van der Waals surface area contributed by atoms with Crippen LogP contribution in [0, 0.1) is 12.7 Å². The van der Waals surface area contributed by atoms with Gasteiger partial charge in [0.1, 0.15) is 10.5 Å². The van der Waals surface area contributed by atoms with Crippen LogP contribution in [-0.2, 0) is 0 Å². The first-order chi connectivity index (χ1) is 14.7. The maximum absolute atomic E-state index is 13.5. The molecule has 1 aliphatic rings. The molecule has 10 nitrogen and oxygen atoms in total. The van der Waals surface area contributed by atoms with Crippen LogP contribution in [-0.4, -0.2) is 73.0 Å². The normalized spacial score (nSPS) is 14.9. The van der Waals surface area contributed by atoms with E-state index in [-0.39, 0.29) is 29.6 Å². The van der Waals surface area contributed by atoms with Crippen molar-refractivity contribution in [3.05, 3.63) is 40.5 Å². The van der Waals surface area contributed by atoms with Gasteiger partial charge in [-0.3, -0.25) is 9.78 Å². The number of likely N-dealkylation sites (N-methyl/N-ethyl adjacent to an activating group) is 1. The number of nitrogens with one attached hydrogen (secondary N) is 1. The van der Waals surface area contributed by atoms with E-state index in [4.69, 9.17) is 5.11 Å². The lowest BCUT2D eigenvalue weighted by Crippen LogP contribution is -2.61. The molecule has 0 aliphatic carbocycles. The van der Waals surface area contributed by atoms with Crippen LogP contribution in [0.25, 0.3) is 10.3 Å². The summed E-state index contributed by atoms with van der Waals surface area (Å²) in [4.78, 5) is 44.0. The number of carbonyl (C=O) groups excluding carboxylic acids is 1. The smallest absolute Gasteiger partial charge is 0.407 e. The number of anilines is 1. The number of carbonyl (C=O) groups is 2. The summed E-state index contributed by atoms with van der Waals surface area (Å²) in [5, 5.41) is 12.9. The highest BCUT2D eigenvalue weighted by Crippen LogP contribution is 2.28. The van der Waals surface area contributed by atoms with Gasteiger partial charge < -0.3 is 20.2 Å². The third kappa shape index (κ3) is 4.10. The topological polar surface area (TPSA) is 124 Å². The molecule has 2 amide bonds. The van der Waals surface area contributed by atoms with E-state index in [1.807, 2.05) is 6.92 Å². The maximum Gasteiger partial charge on any atom is 0.407 e. The van der Waals surface area contributed by atoms with E-state index in [0.29, 0.717) is 29.0 Å². The van der Waals surface area contributed by atoms with Crippen molar-refractivity contribution in [1.29, 1.82) is 0 Å². The van der Waals surface area contributed by atoms with E-state index in [1.54, 1.807) is 11.8 Å². The van der Waals surface area contributed by atoms with Gasteiger partial charge in [-0.1, -0.05) is 0 Å². The van der Waals surface area contributed by atoms with Crippen LogP contribution < -0.4 is 5.32 Å². The summed E-state index contributed by atoms with van der Waals surface area (Å²) in [6, 6.07) is 0.752. The van der Waals surface area contributed by atoms with Crippen molar-refractivity contribution in [3.63, 3.8) is 0 Å². The molecule has 1 aliphatic heterocycles. The summed E-state index contributed by atoms with van der Waals surface area (Å²) in [5.41, 5.74) is 1.21. The van der Waals surface area contributed by atoms with E-state index in [2.05, 4.69) is 25.3 Å². The molecule has 0 spiro atoms. The molecule has 0 saturated carbocycles. The van der Waals surface area contributed by atoms with Crippen molar-refractivity contribution in [2.75, 3.05) is 25.5 Å². The number of likely N-dealkylation sites (tertiary alicyclic amines) is 1. The summed E-state index contributed by atoms with van der Waals surface area (Å²) in [6.07, 6.45) is 1.62. The maximum atomic E-state index is 13.5. The van der Waals surface area contributed by atoms with Gasteiger partial charge in [-0.2, -0.15) is 4.98 Å². The first kappa shape index (κ1) is 20.8. The number of thiazole rings is 1. The molecular formula is C19H20FN7O3S. The Balaban J connectivity index is 1.60. The zero-order valence-corrected chi connectivity index (χ0v) is 17.9.